The summed E-state index contributed by atoms with van der Waals surface area (Å²) in [7, 11) is 0. The summed E-state index contributed by atoms with van der Waals surface area (Å²) in [6, 6.07) is 7.61. The van der Waals surface area contributed by atoms with Crippen LogP contribution in [0.4, 0.5) is 0 Å². The molecule has 1 aromatic carbocycles. The predicted octanol–water partition coefficient (Wildman–Crippen LogP) is 2.16. The number of aliphatic hydroxyl groups is 2. The molecule has 0 unspecified atom stereocenters. The van der Waals surface area contributed by atoms with Crippen molar-refractivity contribution >= 4 is 11.6 Å². The largest absolute Gasteiger partial charge is 0.490 e. The Bertz CT molecular complexity index is 699. The van der Waals surface area contributed by atoms with Crippen LogP contribution in [-0.2, 0) is 13.1 Å². The Morgan fingerprint density at radius 3 is 2.96 bits per heavy atom. The Morgan fingerprint density at radius 1 is 1.36 bits per heavy atom. The Kier molecular flexibility index (Phi) is 5.96. The molecule has 1 aliphatic rings. The fraction of sp³-hybridized carbons (Fsp3) is 0.500. The summed E-state index contributed by atoms with van der Waals surface area (Å²) in [6.07, 6.45) is 0.0634. The van der Waals surface area contributed by atoms with Crippen LogP contribution in [0.15, 0.2) is 24.3 Å². The average Bonchev–Trinajstić information content (AvgIpc) is 2.90. The van der Waals surface area contributed by atoms with Crippen LogP contribution in [-0.4, -0.2) is 51.2 Å². The number of para-hydroxylation sites is 1. The zero-order valence-corrected chi connectivity index (χ0v) is 15.1. The molecule has 7 heteroatoms. The lowest BCUT2D eigenvalue weighted by Crippen LogP contribution is -2.28. The molecule has 0 fully saturated rings. The van der Waals surface area contributed by atoms with Crippen LogP contribution in [0.3, 0.4) is 0 Å². The van der Waals surface area contributed by atoms with Crippen molar-refractivity contribution in [3.8, 4) is 5.75 Å². The Morgan fingerprint density at radius 2 is 2.20 bits per heavy atom. The van der Waals surface area contributed by atoms with Gasteiger partial charge in [0.1, 0.15) is 18.5 Å². The highest BCUT2D eigenvalue weighted by molar-refractivity contribution is 6.32. The van der Waals surface area contributed by atoms with Gasteiger partial charge >= 0.3 is 0 Å². The van der Waals surface area contributed by atoms with Gasteiger partial charge in [-0.1, -0.05) is 23.7 Å². The maximum atomic E-state index is 9.76. The molecular weight excluding hydrogens is 342 g/mol. The van der Waals surface area contributed by atoms with E-state index in [9.17, 15) is 5.11 Å². The maximum Gasteiger partial charge on any atom is 0.140 e. The first-order chi connectivity index (χ1) is 12.1. The Hall–Kier alpha value is -1.60. The summed E-state index contributed by atoms with van der Waals surface area (Å²) in [4.78, 5) is 2.31. The number of nitrogens with zero attached hydrogens (tertiary/aromatic N) is 3. The topological polar surface area (TPSA) is 70.8 Å². The summed E-state index contributed by atoms with van der Waals surface area (Å²) in [5.41, 5.74) is 2.61. The van der Waals surface area contributed by atoms with Crippen molar-refractivity contribution < 1.29 is 14.9 Å². The van der Waals surface area contributed by atoms with E-state index in [1.807, 2.05) is 35.9 Å². The molecule has 25 heavy (non-hydrogen) atoms. The number of fused-ring (bicyclic) bond motifs is 1. The first-order valence-electron chi connectivity index (χ1n) is 8.54. The lowest BCUT2D eigenvalue weighted by atomic mass is 10.2. The van der Waals surface area contributed by atoms with Gasteiger partial charge in [-0.05, 0) is 31.0 Å². The van der Waals surface area contributed by atoms with Crippen molar-refractivity contribution in [1.82, 2.24) is 14.7 Å². The number of ether oxygens (including phenoxy) is 1. The summed E-state index contributed by atoms with van der Waals surface area (Å²) >= 11 is 6.20. The normalized spacial score (nSPS) is 16.3. The molecule has 0 amide bonds. The van der Waals surface area contributed by atoms with Gasteiger partial charge in [-0.15, -0.1) is 0 Å². The van der Waals surface area contributed by atoms with Crippen molar-refractivity contribution in [3.05, 3.63) is 46.2 Å². The number of benzene rings is 1. The minimum absolute atomic E-state index is 0.314. The molecule has 1 aromatic heterocycles. The second-order valence-corrected chi connectivity index (χ2v) is 6.75. The number of hydrogen-bond acceptors (Lipinski definition) is 5. The molecule has 2 aromatic rings. The molecule has 0 saturated carbocycles. The van der Waals surface area contributed by atoms with E-state index in [1.54, 1.807) is 0 Å². The van der Waals surface area contributed by atoms with E-state index >= 15 is 0 Å². The van der Waals surface area contributed by atoms with E-state index in [1.165, 1.54) is 0 Å². The summed E-state index contributed by atoms with van der Waals surface area (Å²) in [5.74, 6) is 0.748. The molecule has 6 nitrogen and oxygen atoms in total. The van der Waals surface area contributed by atoms with E-state index < -0.39 is 6.10 Å². The van der Waals surface area contributed by atoms with Crippen LogP contribution < -0.4 is 4.74 Å². The Balaban J connectivity index is 1.59. The van der Waals surface area contributed by atoms with Crippen LogP contribution >= 0.6 is 11.6 Å². The Labute approximate surface area is 152 Å². The van der Waals surface area contributed by atoms with Gasteiger partial charge < -0.3 is 14.9 Å². The molecule has 136 valence electrons. The highest BCUT2D eigenvalue weighted by atomic mass is 35.5. The van der Waals surface area contributed by atoms with Gasteiger partial charge in [-0.2, -0.15) is 5.10 Å². The monoisotopic (exact) mass is 365 g/mol. The molecule has 1 atom stereocenters. The minimum Gasteiger partial charge on any atom is -0.490 e. The quantitative estimate of drug-likeness (QED) is 0.820. The third kappa shape index (κ3) is 4.33. The van der Waals surface area contributed by atoms with Crippen molar-refractivity contribution in [2.24, 2.45) is 0 Å². The van der Waals surface area contributed by atoms with Crippen molar-refractivity contribution in [2.75, 3.05) is 26.3 Å². The van der Waals surface area contributed by atoms with Gasteiger partial charge in [0.25, 0.3) is 0 Å². The molecular formula is C18H24ClN3O3. The van der Waals surface area contributed by atoms with Gasteiger partial charge in [0.05, 0.1) is 23.0 Å². The zero-order valence-electron chi connectivity index (χ0n) is 14.4. The van der Waals surface area contributed by atoms with E-state index in [0.717, 1.165) is 49.6 Å². The molecule has 0 spiro atoms. The third-order valence-corrected chi connectivity index (χ3v) is 4.74. The third-order valence-electron chi connectivity index (χ3n) is 4.44. The maximum absolute atomic E-state index is 9.76. The van der Waals surface area contributed by atoms with Gasteiger partial charge in [0.15, 0.2) is 0 Å². The van der Waals surface area contributed by atoms with E-state index in [-0.39, 0.29) is 6.61 Å². The van der Waals surface area contributed by atoms with Crippen LogP contribution in [0.25, 0.3) is 0 Å². The fourth-order valence-corrected chi connectivity index (χ4v) is 3.35. The summed E-state index contributed by atoms with van der Waals surface area (Å²) in [6.45, 7) is 5.54. The standard InChI is InChI=1S/C18H24ClN3O3/c1-13-4-2-5-15(19)18(13)25-9-8-21-6-3-7-22-14(11-21)10-16(20-22)17(24)12-23/h2,4-5,10,17,23-24H,3,6-9,11-12H2,1H3/t17-/m1/s1. The molecule has 2 heterocycles. The highest BCUT2D eigenvalue weighted by Crippen LogP contribution is 2.27. The predicted molar refractivity (Wildman–Crippen MR) is 95.9 cm³/mol. The van der Waals surface area contributed by atoms with E-state index in [4.69, 9.17) is 21.4 Å². The minimum atomic E-state index is -0.917. The van der Waals surface area contributed by atoms with Crippen molar-refractivity contribution in [3.63, 3.8) is 0 Å². The first kappa shape index (κ1) is 18.2. The van der Waals surface area contributed by atoms with Gasteiger partial charge in [0.2, 0.25) is 0 Å². The second kappa shape index (κ2) is 8.19. The number of aromatic nitrogens is 2. The SMILES string of the molecule is Cc1cccc(Cl)c1OCCN1CCCn2nc([C@H](O)CO)cc2C1. The van der Waals surface area contributed by atoms with Crippen molar-refractivity contribution in [1.29, 1.82) is 0 Å². The van der Waals surface area contributed by atoms with Gasteiger partial charge in [-0.25, -0.2) is 0 Å². The van der Waals surface area contributed by atoms with Crippen molar-refractivity contribution in [2.45, 2.75) is 32.5 Å². The molecule has 1 aliphatic heterocycles. The number of hydrogen-bond donors (Lipinski definition) is 2. The van der Waals surface area contributed by atoms with Gasteiger partial charge in [0, 0.05) is 26.2 Å². The molecule has 0 radical (unpaired) electrons. The summed E-state index contributed by atoms with van der Waals surface area (Å²) < 4.78 is 7.81. The lowest BCUT2D eigenvalue weighted by molar-refractivity contribution is 0.0916. The second-order valence-electron chi connectivity index (χ2n) is 6.35. The highest BCUT2D eigenvalue weighted by Gasteiger charge is 2.19. The number of halogens is 1. The number of aryl methyl sites for hydroxylation is 2. The van der Waals surface area contributed by atoms with Crippen LogP contribution in [0.2, 0.25) is 5.02 Å². The van der Waals surface area contributed by atoms with Crippen LogP contribution in [0.5, 0.6) is 5.75 Å². The van der Waals surface area contributed by atoms with E-state index in [2.05, 4.69) is 10.00 Å². The smallest absolute Gasteiger partial charge is 0.140 e. The average molecular weight is 366 g/mol. The molecule has 3 rings (SSSR count). The fourth-order valence-electron chi connectivity index (χ4n) is 3.07. The number of aliphatic hydroxyl groups excluding tert-OH is 2. The molecule has 0 aliphatic carbocycles. The van der Waals surface area contributed by atoms with Crippen LogP contribution in [0.1, 0.15) is 29.5 Å². The molecule has 2 N–H and O–H groups in total. The lowest BCUT2D eigenvalue weighted by Gasteiger charge is -2.20. The molecule has 0 saturated heterocycles. The van der Waals surface area contributed by atoms with Gasteiger partial charge in [-0.3, -0.25) is 9.58 Å². The van der Waals surface area contributed by atoms with E-state index in [0.29, 0.717) is 17.3 Å². The van der Waals surface area contributed by atoms with Crippen LogP contribution in [0, 0.1) is 6.92 Å². The summed E-state index contributed by atoms with van der Waals surface area (Å²) in [5, 5.41) is 23.9. The zero-order chi connectivity index (χ0) is 17.8. The number of rotatable bonds is 6. The first-order valence-corrected chi connectivity index (χ1v) is 8.92. The molecule has 0 bridgehead atoms.